The summed E-state index contributed by atoms with van der Waals surface area (Å²) in [5, 5.41) is 8.94. The van der Waals surface area contributed by atoms with Crippen molar-refractivity contribution in [1.82, 2.24) is 15.2 Å². The lowest BCUT2D eigenvalue weighted by Crippen LogP contribution is -1.93. The first-order valence-corrected chi connectivity index (χ1v) is 7.35. The van der Waals surface area contributed by atoms with Crippen LogP contribution in [0.1, 0.15) is 31.2 Å². The zero-order valence-corrected chi connectivity index (χ0v) is 11.3. The highest BCUT2D eigenvalue weighted by Crippen LogP contribution is 2.33. The fourth-order valence-electron chi connectivity index (χ4n) is 2.29. The maximum Gasteiger partial charge on any atom is 0.209 e. The molecule has 0 radical (unpaired) electrons. The van der Waals surface area contributed by atoms with E-state index in [2.05, 4.69) is 46.4 Å². The van der Waals surface area contributed by atoms with E-state index in [0.717, 1.165) is 16.5 Å². The molecule has 3 nitrogen and oxygen atoms in total. The van der Waals surface area contributed by atoms with Crippen LogP contribution in [0.3, 0.4) is 0 Å². The number of thioether (sulfide) groups is 1. The van der Waals surface area contributed by atoms with Crippen molar-refractivity contribution < 1.29 is 0 Å². The molecular weight excluding hydrogens is 242 g/mol. The number of rotatable bonds is 3. The van der Waals surface area contributed by atoms with Gasteiger partial charge in [-0.3, -0.25) is 5.10 Å². The summed E-state index contributed by atoms with van der Waals surface area (Å²) >= 11 is 1.82. The van der Waals surface area contributed by atoms with Gasteiger partial charge in [-0.25, -0.2) is 4.98 Å². The molecule has 0 unspecified atom stereocenters. The Hall–Kier alpha value is -1.29. The van der Waals surface area contributed by atoms with E-state index in [-0.39, 0.29) is 0 Å². The summed E-state index contributed by atoms with van der Waals surface area (Å²) in [6.07, 6.45) is 5.32. The van der Waals surface area contributed by atoms with Crippen molar-refractivity contribution in [2.45, 2.75) is 43.0 Å². The molecule has 94 valence electrons. The van der Waals surface area contributed by atoms with Gasteiger partial charge in [0.1, 0.15) is 0 Å². The molecule has 0 saturated heterocycles. The number of nitrogens with zero attached hydrogens (tertiary/aromatic N) is 2. The fraction of sp³-hybridized carbons (Fsp3) is 0.429. The third-order valence-corrected chi connectivity index (χ3v) is 4.56. The van der Waals surface area contributed by atoms with E-state index >= 15 is 0 Å². The first-order valence-electron chi connectivity index (χ1n) is 6.47. The maximum atomic E-state index is 4.57. The van der Waals surface area contributed by atoms with Gasteiger partial charge < -0.3 is 0 Å². The summed E-state index contributed by atoms with van der Waals surface area (Å²) in [6.45, 7) is 2.09. The Kier molecular flexibility index (Phi) is 3.37. The highest BCUT2D eigenvalue weighted by atomic mass is 32.2. The van der Waals surface area contributed by atoms with Crippen molar-refractivity contribution >= 4 is 11.8 Å². The largest absolute Gasteiger partial charge is 0.258 e. The molecule has 0 bridgehead atoms. The molecule has 1 saturated carbocycles. The van der Waals surface area contributed by atoms with Crippen molar-refractivity contribution in [3.63, 3.8) is 0 Å². The summed E-state index contributed by atoms with van der Waals surface area (Å²) in [7, 11) is 0. The fourth-order valence-corrected chi connectivity index (χ4v) is 3.40. The van der Waals surface area contributed by atoms with Gasteiger partial charge in [-0.2, -0.15) is 0 Å². The Morgan fingerprint density at radius 2 is 1.89 bits per heavy atom. The van der Waals surface area contributed by atoms with Gasteiger partial charge in [-0.1, -0.05) is 54.4 Å². The maximum absolute atomic E-state index is 4.57. The number of aryl methyl sites for hydroxylation is 1. The summed E-state index contributed by atoms with van der Waals surface area (Å²) in [5.74, 6) is 0.871. The molecule has 2 aromatic rings. The molecule has 1 aromatic carbocycles. The Bertz CT molecular complexity index is 512. The van der Waals surface area contributed by atoms with Gasteiger partial charge in [0.05, 0.1) is 0 Å². The van der Waals surface area contributed by atoms with Crippen molar-refractivity contribution in [3.8, 4) is 11.4 Å². The molecule has 4 heteroatoms. The van der Waals surface area contributed by atoms with Gasteiger partial charge in [0.25, 0.3) is 0 Å². The minimum atomic E-state index is 0.715. The lowest BCUT2D eigenvalue weighted by molar-refractivity contribution is 0.886. The molecule has 0 amide bonds. The number of aromatic nitrogens is 3. The van der Waals surface area contributed by atoms with Gasteiger partial charge >= 0.3 is 0 Å². The van der Waals surface area contributed by atoms with E-state index in [1.807, 2.05) is 11.8 Å². The summed E-state index contributed by atoms with van der Waals surface area (Å²) in [6, 6.07) is 8.36. The van der Waals surface area contributed by atoms with Crippen molar-refractivity contribution in [2.24, 2.45) is 0 Å². The van der Waals surface area contributed by atoms with Crippen LogP contribution in [0, 0.1) is 6.92 Å². The minimum absolute atomic E-state index is 0.715. The zero-order valence-electron chi connectivity index (χ0n) is 10.5. The van der Waals surface area contributed by atoms with Crippen LogP contribution in [0.4, 0.5) is 0 Å². The SMILES string of the molecule is Cc1ccc(-c2nc(SC3CCCC3)n[nH]2)cc1. The van der Waals surface area contributed by atoms with Crippen LogP contribution in [0.5, 0.6) is 0 Å². The van der Waals surface area contributed by atoms with Crippen LogP contribution in [-0.4, -0.2) is 20.4 Å². The number of benzene rings is 1. The summed E-state index contributed by atoms with van der Waals surface area (Å²) in [4.78, 5) is 4.57. The predicted octanol–water partition coefficient (Wildman–Crippen LogP) is 3.81. The summed E-state index contributed by atoms with van der Waals surface area (Å²) < 4.78 is 0. The van der Waals surface area contributed by atoms with E-state index in [1.165, 1.54) is 31.2 Å². The van der Waals surface area contributed by atoms with Gasteiger partial charge in [0, 0.05) is 10.8 Å². The molecular formula is C14H17N3S. The number of hydrogen-bond donors (Lipinski definition) is 1. The normalized spacial score (nSPS) is 16.3. The quantitative estimate of drug-likeness (QED) is 0.911. The number of hydrogen-bond acceptors (Lipinski definition) is 3. The molecule has 18 heavy (non-hydrogen) atoms. The highest BCUT2D eigenvalue weighted by molar-refractivity contribution is 7.99. The van der Waals surface area contributed by atoms with Crippen molar-refractivity contribution in [3.05, 3.63) is 29.8 Å². The molecule has 1 aliphatic carbocycles. The topological polar surface area (TPSA) is 41.6 Å². The van der Waals surface area contributed by atoms with Crippen LogP contribution >= 0.6 is 11.8 Å². The molecule has 3 rings (SSSR count). The second kappa shape index (κ2) is 5.14. The molecule has 1 aliphatic rings. The molecule has 0 aliphatic heterocycles. The Morgan fingerprint density at radius 1 is 1.17 bits per heavy atom. The zero-order chi connectivity index (χ0) is 12.4. The minimum Gasteiger partial charge on any atom is -0.258 e. The number of H-pyrrole nitrogens is 1. The van der Waals surface area contributed by atoms with Crippen LogP contribution in [0.25, 0.3) is 11.4 Å². The Balaban J connectivity index is 1.74. The molecule has 1 heterocycles. The van der Waals surface area contributed by atoms with Gasteiger partial charge in [0.2, 0.25) is 5.16 Å². The second-order valence-electron chi connectivity index (χ2n) is 4.86. The average molecular weight is 259 g/mol. The smallest absolute Gasteiger partial charge is 0.209 e. The first kappa shape index (κ1) is 11.8. The molecule has 1 fully saturated rings. The van der Waals surface area contributed by atoms with Crippen molar-refractivity contribution in [2.75, 3.05) is 0 Å². The Morgan fingerprint density at radius 3 is 2.61 bits per heavy atom. The Labute approximate surface area is 111 Å². The van der Waals surface area contributed by atoms with E-state index < -0.39 is 0 Å². The van der Waals surface area contributed by atoms with Crippen LogP contribution in [0.15, 0.2) is 29.4 Å². The highest BCUT2D eigenvalue weighted by Gasteiger charge is 2.18. The van der Waals surface area contributed by atoms with Crippen LogP contribution in [0.2, 0.25) is 0 Å². The summed E-state index contributed by atoms with van der Waals surface area (Å²) in [5.41, 5.74) is 2.37. The lowest BCUT2D eigenvalue weighted by Gasteiger charge is -2.03. The number of aromatic amines is 1. The molecule has 0 spiro atoms. The second-order valence-corrected chi connectivity index (χ2v) is 6.12. The average Bonchev–Trinajstić information content (AvgIpc) is 3.02. The predicted molar refractivity (Wildman–Crippen MR) is 74.7 cm³/mol. The number of nitrogens with one attached hydrogen (secondary N) is 1. The van der Waals surface area contributed by atoms with Gasteiger partial charge in [-0.05, 0) is 19.8 Å². The standard InChI is InChI=1S/C14H17N3S/c1-10-6-8-11(9-7-10)13-15-14(17-16-13)18-12-4-2-3-5-12/h6-9,12H,2-5H2,1H3,(H,15,16,17). The molecule has 0 atom stereocenters. The van der Waals surface area contributed by atoms with E-state index in [1.54, 1.807) is 0 Å². The van der Waals surface area contributed by atoms with E-state index in [0.29, 0.717) is 5.25 Å². The lowest BCUT2D eigenvalue weighted by atomic mass is 10.1. The van der Waals surface area contributed by atoms with Crippen LogP contribution < -0.4 is 0 Å². The molecule has 1 aromatic heterocycles. The van der Waals surface area contributed by atoms with E-state index in [4.69, 9.17) is 0 Å². The van der Waals surface area contributed by atoms with Gasteiger partial charge in [-0.15, -0.1) is 5.10 Å². The van der Waals surface area contributed by atoms with Crippen molar-refractivity contribution in [1.29, 1.82) is 0 Å². The third kappa shape index (κ3) is 2.58. The van der Waals surface area contributed by atoms with Crippen LogP contribution in [-0.2, 0) is 0 Å². The first-order chi connectivity index (χ1) is 8.81. The monoisotopic (exact) mass is 259 g/mol. The van der Waals surface area contributed by atoms with E-state index in [9.17, 15) is 0 Å². The third-order valence-electron chi connectivity index (χ3n) is 3.36. The molecule has 1 N–H and O–H groups in total. The van der Waals surface area contributed by atoms with Gasteiger partial charge in [0.15, 0.2) is 5.82 Å².